The number of benzene rings is 1. The van der Waals surface area contributed by atoms with Crippen LogP contribution in [-0.2, 0) is 6.42 Å². The highest BCUT2D eigenvalue weighted by atomic mass is 127. The van der Waals surface area contributed by atoms with Crippen LogP contribution in [0.15, 0.2) is 46.0 Å². The summed E-state index contributed by atoms with van der Waals surface area (Å²) in [5, 5.41) is 3.32. The molecular weight excluding hydrogens is 453 g/mol. The molecule has 1 aromatic carbocycles. The van der Waals surface area contributed by atoms with Crippen LogP contribution in [0, 0.1) is 11.6 Å². The number of rotatable bonds is 4. The van der Waals surface area contributed by atoms with E-state index in [4.69, 9.17) is 4.42 Å². The number of aliphatic imine (C=N–C) groups is 1. The van der Waals surface area contributed by atoms with Crippen molar-refractivity contribution >= 4 is 35.6 Å². The smallest absolute Gasteiger partial charge is 0.193 e. The summed E-state index contributed by atoms with van der Waals surface area (Å²) in [7, 11) is 1.74. The molecule has 0 spiro atoms. The highest BCUT2D eigenvalue weighted by Gasteiger charge is 2.21. The van der Waals surface area contributed by atoms with Gasteiger partial charge in [0.15, 0.2) is 5.96 Å². The molecule has 1 fully saturated rings. The Morgan fingerprint density at radius 2 is 1.96 bits per heavy atom. The Labute approximate surface area is 169 Å². The zero-order chi connectivity index (χ0) is 17.6. The molecule has 1 aromatic heterocycles. The van der Waals surface area contributed by atoms with Crippen LogP contribution in [0.1, 0.15) is 5.76 Å². The summed E-state index contributed by atoms with van der Waals surface area (Å²) >= 11 is 0. The second kappa shape index (κ2) is 9.75. The van der Waals surface area contributed by atoms with Crippen LogP contribution in [0.3, 0.4) is 0 Å². The fraction of sp³-hybridized carbons (Fsp3) is 0.389. The fourth-order valence-corrected chi connectivity index (χ4v) is 2.97. The minimum absolute atomic E-state index is 0. The van der Waals surface area contributed by atoms with Crippen molar-refractivity contribution in [2.75, 3.05) is 44.7 Å². The van der Waals surface area contributed by atoms with Crippen LogP contribution in [0.25, 0.3) is 0 Å². The second-order valence-electron chi connectivity index (χ2n) is 5.87. The van der Waals surface area contributed by atoms with Gasteiger partial charge in [-0.15, -0.1) is 24.0 Å². The van der Waals surface area contributed by atoms with Gasteiger partial charge in [-0.3, -0.25) is 4.99 Å². The van der Waals surface area contributed by atoms with E-state index in [1.807, 2.05) is 17.0 Å². The lowest BCUT2D eigenvalue weighted by molar-refractivity contribution is 0.370. The summed E-state index contributed by atoms with van der Waals surface area (Å²) in [5.74, 6) is 0.922. The zero-order valence-corrected chi connectivity index (χ0v) is 17.0. The van der Waals surface area contributed by atoms with Crippen molar-refractivity contribution in [3.05, 3.63) is 54.0 Å². The number of anilines is 1. The van der Waals surface area contributed by atoms with E-state index < -0.39 is 11.6 Å². The van der Waals surface area contributed by atoms with Crippen molar-refractivity contribution in [1.29, 1.82) is 0 Å². The third-order valence-corrected chi connectivity index (χ3v) is 4.27. The van der Waals surface area contributed by atoms with E-state index in [2.05, 4.69) is 15.2 Å². The Bertz CT molecular complexity index is 716. The normalized spacial score (nSPS) is 15.0. The minimum atomic E-state index is -0.422. The van der Waals surface area contributed by atoms with Crippen molar-refractivity contribution in [2.24, 2.45) is 4.99 Å². The van der Waals surface area contributed by atoms with Gasteiger partial charge in [-0.2, -0.15) is 0 Å². The highest BCUT2D eigenvalue weighted by Crippen LogP contribution is 2.21. The average Bonchev–Trinajstić information content (AvgIpc) is 3.15. The quantitative estimate of drug-likeness (QED) is 0.419. The van der Waals surface area contributed by atoms with Gasteiger partial charge in [0.1, 0.15) is 17.4 Å². The molecule has 2 aromatic rings. The SMILES string of the molecule is CN=C(NCCc1ccco1)N1CCN(c2cc(F)ccc2F)CC1.I. The molecule has 8 heteroatoms. The monoisotopic (exact) mass is 476 g/mol. The van der Waals surface area contributed by atoms with Crippen LogP contribution < -0.4 is 10.2 Å². The van der Waals surface area contributed by atoms with E-state index in [1.165, 1.54) is 12.1 Å². The van der Waals surface area contributed by atoms with E-state index in [1.54, 1.807) is 13.3 Å². The molecule has 142 valence electrons. The van der Waals surface area contributed by atoms with Crippen molar-refractivity contribution in [3.63, 3.8) is 0 Å². The molecule has 1 aliphatic rings. The maximum Gasteiger partial charge on any atom is 0.193 e. The van der Waals surface area contributed by atoms with Gasteiger partial charge in [-0.1, -0.05) is 0 Å². The second-order valence-corrected chi connectivity index (χ2v) is 5.87. The molecule has 3 rings (SSSR count). The Morgan fingerprint density at radius 1 is 1.19 bits per heavy atom. The first-order valence-corrected chi connectivity index (χ1v) is 8.35. The Balaban J connectivity index is 0.00000243. The van der Waals surface area contributed by atoms with Gasteiger partial charge in [0.2, 0.25) is 0 Å². The van der Waals surface area contributed by atoms with Crippen molar-refractivity contribution in [1.82, 2.24) is 10.2 Å². The molecule has 26 heavy (non-hydrogen) atoms. The summed E-state index contributed by atoms with van der Waals surface area (Å²) in [6.45, 7) is 3.32. The topological polar surface area (TPSA) is 44.0 Å². The van der Waals surface area contributed by atoms with Gasteiger partial charge in [0.05, 0.1) is 12.0 Å². The molecule has 0 bridgehead atoms. The van der Waals surface area contributed by atoms with E-state index in [-0.39, 0.29) is 24.0 Å². The number of piperazine rings is 1. The summed E-state index contributed by atoms with van der Waals surface area (Å²) < 4.78 is 32.6. The molecule has 0 atom stereocenters. The first-order chi connectivity index (χ1) is 12.2. The number of guanidine groups is 1. The summed E-state index contributed by atoms with van der Waals surface area (Å²) in [5.41, 5.74) is 0.320. The lowest BCUT2D eigenvalue weighted by Gasteiger charge is -2.37. The molecule has 1 aliphatic heterocycles. The summed E-state index contributed by atoms with van der Waals surface area (Å²) in [6, 6.07) is 7.37. The van der Waals surface area contributed by atoms with Crippen molar-refractivity contribution < 1.29 is 13.2 Å². The summed E-state index contributed by atoms with van der Waals surface area (Å²) in [6.07, 6.45) is 2.44. The van der Waals surface area contributed by atoms with Gasteiger partial charge in [0, 0.05) is 52.3 Å². The predicted octanol–water partition coefficient (Wildman–Crippen LogP) is 3.12. The largest absolute Gasteiger partial charge is 0.469 e. The Morgan fingerprint density at radius 3 is 2.62 bits per heavy atom. The van der Waals surface area contributed by atoms with Crippen molar-refractivity contribution in [2.45, 2.75) is 6.42 Å². The van der Waals surface area contributed by atoms with Crippen molar-refractivity contribution in [3.8, 4) is 0 Å². The number of furan rings is 1. The molecule has 1 N–H and O–H groups in total. The van der Waals surface area contributed by atoms with Gasteiger partial charge in [-0.05, 0) is 24.3 Å². The lowest BCUT2D eigenvalue weighted by Crippen LogP contribution is -2.53. The molecule has 0 unspecified atom stereocenters. The first-order valence-electron chi connectivity index (χ1n) is 8.35. The fourth-order valence-electron chi connectivity index (χ4n) is 2.97. The van der Waals surface area contributed by atoms with Gasteiger partial charge < -0.3 is 19.5 Å². The van der Waals surface area contributed by atoms with Crippen LogP contribution in [0.5, 0.6) is 0 Å². The van der Waals surface area contributed by atoms with E-state index in [9.17, 15) is 8.78 Å². The molecule has 0 saturated carbocycles. The summed E-state index contributed by atoms with van der Waals surface area (Å²) in [4.78, 5) is 8.30. The Kier molecular flexibility index (Phi) is 7.67. The molecule has 0 radical (unpaired) electrons. The lowest BCUT2D eigenvalue weighted by atomic mass is 10.2. The number of nitrogens with zero attached hydrogens (tertiary/aromatic N) is 3. The molecule has 1 saturated heterocycles. The third kappa shape index (κ3) is 5.09. The molecule has 2 heterocycles. The van der Waals surface area contributed by atoms with Gasteiger partial charge in [0.25, 0.3) is 0 Å². The maximum absolute atomic E-state index is 13.9. The maximum atomic E-state index is 13.9. The van der Waals surface area contributed by atoms with Crippen LogP contribution >= 0.6 is 24.0 Å². The highest BCUT2D eigenvalue weighted by molar-refractivity contribution is 14.0. The number of hydrogen-bond acceptors (Lipinski definition) is 3. The molecule has 0 amide bonds. The first kappa shape index (κ1) is 20.5. The number of hydrogen-bond donors (Lipinski definition) is 1. The average molecular weight is 476 g/mol. The predicted molar refractivity (Wildman–Crippen MR) is 109 cm³/mol. The molecule has 5 nitrogen and oxygen atoms in total. The van der Waals surface area contributed by atoms with Crippen LogP contribution in [0.4, 0.5) is 14.5 Å². The minimum Gasteiger partial charge on any atom is -0.469 e. The standard InChI is InChI=1S/C18H22F2N4O.HI/c1-21-18(22-7-6-15-3-2-12-25-15)24-10-8-23(9-11-24)17-13-14(19)4-5-16(17)20;/h2-5,12-13H,6-11H2,1H3,(H,21,22);1H. The zero-order valence-electron chi connectivity index (χ0n) is 14.6. The van der Waals surface area contributed by atoms with E-state index in [0.29, 0.717) is 31.9 Å². The molecular formula is C18H23F2IN4O. The van der Waals surface area contributed by atoms with Crippen LogP contribution in [-0.4, -0.2) is 50.6 Å². The molecule has 0 aliphatic carbocycles. The number of nitrogens with one attached hydrogen (secondary N) is 1. The van der Waals surface area contributed by atoms with Gasteiger partial charge >= 0.3 is 0 Å². The van der Waals surface area contributed by atoms with Gasteiger partial charge in [-0.25, -0.2) is 8.78 Å². The Hall–Kier alpha value is -1.84. The van der Waals surface area contributed by atoms with E-state index in [0.717, 1.165) is 30.8 Å². The van der Waals surface area contributed by atoms with E-state index >= 15 is 0 Å². The third-order valence-electron chi connectivity index (χ3n) is 4.27. The number of halogens is 3. The van der Waals surface area contributed by atoms with Crippen LogP contribution in [0.2, 0.25) is 0 Å².